The van der Waals surface area contributed by atoms with Crippen LogP contribution in [0.25, 0.3) is 0 Å². The summed E-state index contributed by atoms with van der Waals surface area (Å²) in [6, 6.07) is 33.3. The molecule has 0 fully saturated rings. The highest BCUT2D eigenvalue weighted by Crippen LogP contribution is 2.58. The molecule has 0 bridgehead atoms. The Hall–Kier alpha value is -3.20. The molecule has 220 valence electrons. The maximum atomic E-state index is 7.57. The number of fused-ring (bicyclic) bond motifs is 1. The van der Waals surface area contributed by atoms with Gasteiger partial charge in [0, 0.05) is 12.0 Å². The van der Waals surface area contributed by atoms with Crippen molar-refractivity contribution in [3.8, 4) is 0 Å². The van der Waals surface area contributed by atoms with Gasteiger partial charge in [0.1, 0.15) is 0 Å². The first-order chi connectivity index (χ1) is 21.3. The van der Waals surface area contributed by atoms with Crippen LogP contribution in [0.4, 0.5) is 0 Å². The lowest BCUT2D eigenvalue weighted by Gasteiger charge is -2.46. The van der Waals surface area contributed by atoms with Crippen LogP contribution in [-0.2, 0) is 4.43 Å². The van der Waals surface area contributed by atoms with E-state index < -0.39 is 8.32 Å². The van der Waals surface area contributed by atoms with E-state index in [0.717, 1.165) is 19.4 Å². The Morgan fingerprint density at radius 2 is 1.35 bits per heavy atom. The Balaban J connectivity index is 1.27. The van der Waals surface area contributed by atoms with Gasteiger partial charge in [-0.05, 0) is 103 Å². The van der Waals surface area contributed by atoms with Crippen molar-refractivity contribution in [1.29, 1.82) is 0 Å². The van der Waals surface area contributed by atoms with Crippen LogP contribution in [0.5, 0.6) is 0 Å². The number of rotatable bonds is 10. The summed E-state index contributed by atoms with van der Waals surface area (Å²) in [5.41, 5.74) is 8.99. The summed E-state index contributed by atoms with van der Waals surface area (Å²) in [4.78, 5) is 0. The fourth-order valence-corrected chi connectivity index (χ4v) is 13.0. The molecule has 43 heavy (non-hydrogen) atoms. The summed E-state index contributed by atoms with van der Waals surface area (Å²) in [7, 11) is -2.73. The van der Waals surface area contributed by atoms with Crippen molar-refractivity contribution in [2.45, 2.75) is 77.6 Å². The minimum absolute atomic E-state index is 0.142. The van der Waals surface area contributed by atoms with Gasteiger partial charge < -0.3 is 4.43 Å². The molecular weight excluding hydrogens is 537 g/mol. The molecule has 0 spiro atoms. The fraction of sp³-hybridized carbons (Fsp3) is 0.366. The average Bonchev–Trinajstić information content (AvgIpc) is 3.76. The molecule has 4 aliphatic rings. The predicted octanol–water partition coefficient (Wildman–Crippen LogP) is 8.71. The van der Waals surface area contributed by atoms with Crippen LogP contribution in [-0.4, -0.2) is 14.9 Å². The van der Waals surface area contributed by atoms with Crippen molar-refractivity contribution in [3.05, 3.63) is 137 Å². The predicted molar refractivity (Wildman–Crippen MR) is 184 cm³/mol. The lowest BCUT2D eigenvalue weighted by Crippen LogP contribution is -2.69. The molecule has 3 aromatic rings. The molecular formula is C41H46OSi. The van der Waals surface area contributed by atoms with E-state index in [4.69, 9.17) is 4.43 Å². The van der Waals surface area contributed by atoms with Gasteiger partial charge in [0.2, 0.25) is 0 Å². The second kappa shape index (κ2) is 12.4. The zero-order valence-corrected chi connectivity index (χ0v) is 26.9. The van der Waals surface area contributed by atoms with Gasteiger partial charge in [0.25, 0.3) is 8.32 Å². The van der Waals surface area contributed by atoms with Crippen molar-refractivity contribution < 1.29 is 4.43 Å². The van der Waals surface area contributed by atoms with Gasteiger partial charge in [-0.1, -0.05) is 133 Å². The van der Waals surface area contributed by atoms with Crippen molar-refractivity contribution in [1.82, 2.24) is 0 Å². The molecule has 1 nitrogen and oxygen atoms in total. The van der Waals surface area contributed by atoms with E-state index in [9.17, 15) is 0 Å². The standard InChI is InChI=1S/C41H46OSi/c1-2-41(33-18-13-14-19-33,40-28-16-27-38-37-26-15-12-17-32(37)31-39(38)40)29-30-42-43(34-20-6-3-7-21-34,35-22-8-4-9-23-35)36-24-10-5-11-25-36/h3-11,13-14,18,20-25,40H,2,12,15-17,19,26-31H2,1H3. The molecule has 7 rings (SSSR count). The lowest BCUT2D eigenvalue weighted by atomic mass is 9.59. The Bertz CT molecular complexity index is 1450. The molecule has 0 aromatic heterocycles. The molecule has 0 N–H and O–H groups in total. The first-order valence-corrected chi connectivity index (χ1v) is 18.8. The van der Waals surface area contributed by atoms with Crippen LogP contribution >= 0.6 is 0 Å². The monoisotopic (exact) mass is 582 g/mol. The lowest BCUT2D eigenvalue weighted by molar-refractivity contribution is 0.150. The highest BCUT2D eigenvalue weighted by Gasteiger charge is 2.47. The minimum Gasteiger partial charge on any atom is -0.404 e. The van der Waals surface area contributed by atoms with Crippen LogP contribution < -0.4 is 15.6 Å². The number of benzene rings is 3. The highest BCUT2D eigenvalue weighted by atomic mass is 28.4. The second-order valence-electron chi connectivity index (χ2n) is 13.1. The maximum absolute atomic E-state index is 7.57. The van der Waals surface area contributed by atoms with Crippen molar-refractivity contribution in [2.24, 2.45) is 11.3 Å². The Morgan fingerprint density at radius 1 is 0.744 bits per heavy atom. The molecule has 0 radical (unpaired) electrons. The van der Waals surface area contributed by atoms with Gasteiger partial charge in [-0.2, -0.15) is 0 Å². The third-order valence-corrected chi connectivity index (χ3v) is 15.3. The fourth-order valence-electron chi connectivity index (χ4n) is 9.15. The largest absolute Gasteiger partial charge is 0.404 e. The minimum atomic E-state index is -2.73. The van der Waals surface area contributed by atoms with E-state index in [2.05, 4.69) is 116 Å². The van der Waals surface area contributed by atoms with Gasteiger partial charge in [-0.25, -0.2) is 0 Å². The summed E-state index contributed by atoms with van der Waals surface area (Å²) in [6.45, 7) is 3.23. The summed E-state index contributed by atoms with van der Waals surface area (Å²) >= 11 is 0. The van der Waals surface area contributed by atoms with E-state index in [1.807, 2.05) is 5.57 Å². The molecule has 0 aliphatic heterocycles. The molecule has 0 amide bonds. The third-order valence-electron chi connectivity index (χ3n) is 11.2. The average molecular weight is 583 g/mol. The van der Waals surface area contributed by atoms with Crippen molar-refractivity contribution in [2.75, 3.05) is 6.61 Å². The zero-order chi connectivity index (χ0) is 29.1. The SMILES string of the molecule is CCC(CCO[Si](c1ccccc1)(c1ccccc1)c1ccccc1)(C1=CC=CC1)C1CCCC2=C1CC1=C2CCCC1. The van der Waals surface area contributed by atoms with E-state index in [-0.39, 0.29) is 5.41 Å². The smallest absolute Gasteiger partial charge is 0.288 e. The zero-order valence-electron chi connectivity index (χ0n) is 25.9. The topological polar surface area (TPSA) is 9.23 Å². The summed E-state index contributed by atoms with van der Waals surface area (Å²) < 4.78 is 7.57. The van der Waals surface area contributed by atoms with E-state index in [0.29, 0.717) is 5.92 Å². The van der Waals surface area contributed by atoms with Gasteiger partial charge in [0.05, 0.1) is 0 Å². The third kappa shape index (κ3) is 5.07. The van der Waals surface area contributed by atoms with Crippen LogP contribution in [0.1, 0.15) is 77.6 Å². The molecule has 3 aromatic carbocycles. The number of allylic oxidation sites excluding steroid dienone is 8. The van der Waals surface area contributed by atoms with Crippen molar-refractivity contribution in [3.63, 3.8) is 0 Å². The molecule has 2 heteroatoms. The maximum Gasteiger partial charge on any atom is 0.288 e. The molecule has 4 aliphatic carbocycles. The van der Waals surface area contributed by atoms with E-state index in [1.165, 1.54) is 73.3 Å². The van der Waals surface area contributed by atoms with Crippen LogP contribution in [0.3, 0.4) is 0 Å². The van der Waals surface area contributed by atoms with Gasteiger partial charge in [-0.15, -0.1) is 0 Å². The first kappa shape index (κ1) is 28.6. The second-order valence-corrected chi connectivity index (χ2v) is 16.5. The first-order valence-electron chi connectivity index (χ1n) is 16.9. The van der Waals surface area contributed by atoms with Crippen LogP contribution in [0, 0.1) is 11.3 Å². The van der Waals surface area contributed by atoms with Crippen molar-refractivity contribution >= 4 is 23.9 Å². The Kier molecular flexibility index (Phi) is 8.25. The van der Waals surface area contributed by atoms with Gasteiger partial charge >= 0.3 is 0 Å². The van der Waals surface area contributed by atoms with Gasteiger partial charge in [0.15, 0.2) is 0 Å². The van der Waals surface area contributed by atoms with Crippen LogP contribution in [0.2, 0.25) is 0 Å². The molecule has 2 atom stereocenters. The molecule has 0 saturated carbocycles. The summed E-state index contributed by atoms with van der Waals surface area (Å²) in [6.07, 6.45) is 21.2. The van der Waals surface area contributed by atoms with Gasteiger partial charge in [-0.3, -0.25) is 0 Å². The van der Waals surface area contributed by atoms with E-state index in [1.54, 1.807) is 22.3 Å². The quantitative estimate of drug-likeness (QED) is 0.172. The highest BCUT2D eigenvalue weighted by molar-refractivity contribution is 7.07. The summed E-state index contributed by atoms with van der Waals surface area (Å²) in [5, 5.41) is 3.98. The van der Waals surface area contributed by atoms with Crippen LogP contribution in [0.15, 0.2) is 137 Å². The summed E-state index contributed by atoms with van der Waals surface area (Å²) in [5.74, 6) is 0.628. The normalized spacial score (nSPS) is 21.4. The Morgan fingerprint density at radius 3 is 1.93 bits per heavy atom. The molecule has 2 unspecified atom stereocenters. The Labute approximate surface area is 260 Å². The molecule has 0 heterocycles. The number of hydrogen-bond donors (Lipinski definition) is 0. The van der Waals surface area contributed by atoms with E-state index >= 15 is 0 Å². The number of hydrogen-bond acceptors (Lipinski definition) is 1. The molecule has 0 saturated heterocycles.